The van der Waals surface area contributed by atoms with Gasteiger partial charge in [-0.15, -0.1) is 0 Å². The summed E-state index contributed by atoms with van der Waals surface area (Å²) in [5, 5.41) is 5.08. The van der Waals surface area contributed by atoms with Crippen LogP contribution in [0.3, 0.4) is 0 Å². The molecule has 0 amide bonds. The van der Waals surface area contributed by atoms with Crippen LogP contribution in [0.5, 0.6) is 0 Å². The second kappa shape index (κ2) is 14.6. The molecule has 0 fully saturated rings. The van der Waals surface area contributed by atoms with E-state index in [1.807, 2.05) is 0 Å². The monoisotopic (exact) mass is 925 g/mol. The number of hydrogen-bond donors (Lipinski definition) is 0. The fourth-order valence-corrected chi connectivity index (χ4v) is 13.8. The van der Waals surface area contributed by atoms with Gasteiger partial charge in [0, 0.05) is 84.1 Å². The number of aromatic nitrogens is 1. The SMILES string of the molecule is c1ccc(N2c3ccccc3B3c4c2cccc4N(c2ccccc2)c2ccc4c5cccc6c7c8c(ccc7n(c4c23)c56)B2c3ccccc3N(c3ccccc3)c3cccc(c32)N8c2ccccc2)cc1. The minimum Gasteiger partial charge on any atom is -0.311 e. The maximum atomic E-state index is 2.67. The highest BCUT2D eigenvalue weighted by molar-refractivity contribution is 7.02. The molecule has 7 heteroatoms. The van der Waals surface area contributed by atoms with Gasteiger partial charge in [-0.3, -0.25) is 0 Å². The van der Waals surface area contributed by atoms with Gasteiger partial charge < -0.3 is 24.0 Å². The van der Waals surface area contributed by atoms with E-state index in [4.69, 9.17) is 0 Å². The highest BCUT2D eigenvalue weighted by Gasteiger charge is 2.47. The summed E-state index contributed by atoms with van der Waals surface area (Å²) >= 11 is 0. The largest absolute Gasteiger partial charge is 0.311 e. The van der Waals surface area contributed by atoms with Crippen molar-refractivity contribution >= 4 is 153 Å². The van der Waals surface area contributed by atoms with E-state index < -0.39 is 0 Å². The Bertz CT molecular complexity index is 4410. The molecule has 0 N–H and O–H groups in total. The molecule has 6 heterocycles. The lowest BCUT2D eigenvalue weighted by molar-refractivity contribution is 1.25. The summed E-state index contributed by atoms with van der Waals surface area (Å²) in [5.74, 6) is 0. The van der Waals surface area contributed by atoms with Crippen molar-refractivity contribution in [1.29, 1.82) is 0 Å². The van der Waals surface area contributed by atoms with Crippen molar-refractivity contribution in [2.75, 3.05) is 19.6 Å². The molecule has 336 valence electrons. The van der Waals surface area contributed by atoms with Crippen molar-refractivity contribution in [3.63, 3.8) is 0 Å². The molecule has 11 aromatic carbocycles. The van der Waals surface area contributed by atoms with Crippen molar-refractivity contribution in [3.05, 3.63) is 249 Å². The van der Waals surface area contributed by atoms with Crippen LogP contribution in [0.2, 0.25) is 0 Å². The molecule has 4 aliphatic rings. The highest BCUT2D eigenvalue weighted by Crippen LogP contribution is 2.51. The maximum Gasteiger partial charge on any atom is 0.254 e. The van der Waals surface area contributed by atoms with Crippen molar-refractivity contribution in [3.8, 4) is 0 Å². The van der Waals surface area contributed by atoms with Gasteiger partial charge in [0.2, 0.25) is 0 Å². The standard InChI is InChI=1S/C66H41B2N5/c1-5-20-42(21-6-1)69-52-32-15-13-30-49(52)67-51-39-41-54-60(66(51)72(45-26-11-4-12-27-45)58-37-19-34-55(69)61(58)67)48-29-17-28-46-47-38-40-59-63(65(47)73(54)64(46)48)68-50-31-14-16-33-53(50)70(43-22-7-2-8-23-43)56-35-18-36-57(62(56)68)71(59)44-24-9-3-10-25-44/h1-41H. The maximum absolute atomic E-state index is 2.67. The third-order valence-corrected chi connectivity index (χ3v) is 16.4. The van der Waals surface area contributed by atoms with E-state index in [0.29, 0.717) is 0 Å². The van der Waals surface area contributed by atoms with Gasteiger partial charge in [0.1, 0.15) is 0 Å². The zero-order valence-electron chi connectivity index (χ0n) is 39.6. The molecule has 0 bridgehead atoms. The van der Waals surface area contributed by atoms with Crippen LogP contribution in [0.1, 0.15) is 0 Å². The van der Waals surface area contributed by atoms with Crippen LogP contribution in [0, 0.1) is 0 Å². The number of benzene rings is 11. The second-order valence-corrected chi connectivity index (χ2v) is 19.9. The summed E-state index contributed by atoms with van der Waals surface area (Å²) in [4.78, 5) is 10.1. The zero-order chi connectivity index (χ0) is 47.5. The van der Waals surface area contributed by atoms with Crippen LogP contribution in [0.4, 0.5) is 68.2 Å². The third-order valence-electron chi connectivity index (χ3n) is 16.4. The smallest absolute Gasteiger partial charge is 0.254 e. The van der Waals surface area contributed by atoms with Crippen LogP contribution in [0.15, 0.2) is 249 Å². The van der Waals surface area contributed by atoms with Crippen molar-refractivity contribution < 1.29 is 0 Å². The Hall–Kier alpha value is -9.45. The molecule has 73 heavy (non-hydrogen) atoms. The summed E-state index contributed by atoms with van der Waals surface area (Å²) in [7, 11) is 0. The molecular weight excluding hydrogens is 884 g/mol. The first-order valence-electron chi connectivity index (χ1n) is 25.4. The van der Waals surface area contributed by atoms with Gasteiger partial charge in [0.05, 0.1) is 22.2 Å². The number of rotatable bonds is 4. The van der Waals surface area contributed by atoms with Gasteiger partial charge in [-0.2, -0.15) is 0 Å². The highest BCUT2D eigenvalue weighted by atomic mass is 15.2. The number of anilines is 12. The van der Waals surface area contributed by atoms with Crippen LogP contribution in [-0.4, -0.2) is 17.8 Å². The van der Waals surface area contributed by atoms with Gasteiger partial charge in [-0.1, -0.05) is 152 Å². The fraction of sp³-hybridized carbons (Fsp3) is 0. The van der Waals surface area contributed by atoms with Crippen molar-refractivity contribution in [2.45, 2.75) is 0 Å². The second-order valence-electron chi connectivity index (χ2n) is 19.9. The van der Waals surface area contributed by atoms with E-state index in [1.54, 1.807) is 0 Å². The van der Waals surface area contributed by atoms with Crippen LogP contribution < -0.4 is 52.4 Å². The Morgan fingerprint density at radius 1 is 0.247 bits per heavy atom. The first-order valence-corrected chi connectivity index (χ1v) is 25.4. The average molecular weight is 926 g/mol. The summed E-state index contributed by atoms with van der Waals surface area (Å²) in [5.41, 5.74) is 25.9. The molecule has 0 spiro atoms. The molecule has 0 aliphatic carbocycles. The first-order chi connectivity index (χ1) is 36.3. The van der Waals surface area contributed by atoms with E-state index in [-0.39, 0.29) is 13.4 Å². The molecule has 2 aromatic heterocycles. The number of para-hydroxylation sites is 7. The lowest BCUT2D eigenvalue weighted by Crippen LogP contribution is -2.61. The van der Waals surface area contributed by atoms with Gasteiger partial charge in [-0.25, -0.2) is 0 Å². The molecule has 0 saturated carbocycles. The van der Waals surface area contributed by atoms with E-state index in [1.165, 1.54) is 116 Å². The van der Waals surface area contributed by atoms with Gasteiger partial charge >= 0.3 is 0 Å². The molecule has 0 saturated heterocycles. The lowest BCUT2D eigenvalue weighted by atomic mass is 9.33. The summed E-state index contributed by atoms with van der Waals surface area (Å²) < 4.78 is 2.67. The predicted molar refractivity (Wildman–Crippen MR) is 309 cm³/mol. The minimum absolute atomic E-state index is 0.00643. The minimum atomic E-state index is -0.0517. The molecule has 0 atom stereocenters. The predicted octanol–water partition coefficient (Wildman–Crippen LogP) is 13.0. The Labute approximate surface area is 423 Å². The van der Waals surface area contributed by atoms with Crippen LogP contribution in [0.25, 0.3) is 38.1 Å². The lowest BCUT2D eigenvalue weighted by Gasteiger charge is -2.44. The van der Waals surface area contributed by atoms with E-state index in [9.17, 15) is 0 Å². The summed E-state index contributed by atoms with van der Waals surface area (Å²) in [6.07, 6.45) is 0. The fourth-order valence-electron chi connectivity index (χ4n) is 13.8. The van der Waals surface area contributed by atoms with Crippen LogP contribution >= 0.6 is 0 Å². The Morgan fingerprint density at radius 2 is 0.658 bits per heavy atom. The summed E-state index contributed by atoms with van der Waals surface area (Å²) in [6, 6.07) is 92.6. The Kier molecular flexibility index (Phi) is 7.84. The summed E-state index contributed by atoms with van der Waals surface area (Å²) in [6.45, 7) is -0.0453. The molecular formula is C66H41B2N5. The van der Waals surface area contributed by atoms with Crippen molar-refractivity contribution in [1.82, 2.24) is 4.40 Å². The molecule has 5 nitrogen and oxygen atoms in total. The molecule has 4 aliphatic heterocycles. The molecule has 13 aromatic rings. The molecule has 17 rings (SSSR count). The Balaban J connectivity index is 1.01. The molecule has 0 radical (unpaired) electrons. The van der Waals surface area contributed by atoms with Gasteiger partial charge in [0.15, 0.2) is 0 Å². The van der Waals surface area contributed by atoms with E-state index in [0.717, 1.165) is 22.7 Å². The zero-order valence-corrected chi connectivity index (χ0v) is 39.6. The van der Waals surface area contributed by atoms with E-state index in [2.05, 4.69) is 273 Å². The number of fused-ring (bicyclic) bond motifs is 16. The average Bonchev–Trinajstić information content (AvgIpc) is 4.01. The number of nitrogens with zero attached hydrogens (tertiary/aromatic N) is 5. The van der Waals surface area contributed by atoms with Gasteiger partial charge in [-0.05, 0) is 130 Å². The molecule has 0 unspecified atom stereocenters. The van der Waals surface area contributed by atoms with Crippen LogP contribution in [-0.2, 0) is 0 Å². The Morgan fingerprint density at radius 3 is 1.23 bits per heavy atom. The van der Waals surface area contributed by atoms with E-state index >= 15 is 0 Å². The van der Waals surface area contributed by atoms with Gasteiger partial charge in [0.25, 0.3) is 13.4 Å². The number of hydrogen-bond acceptors (Lipinski definition) is 4. The first kappa shape index (κ1) is 39.3. The normalized spacial score (nSPS) is 13.9. The van der Waals surface area contributed by atoms with Crippen molar-refractivity contribution in [2.24, 2.45) is 0 Å². The topological polar surface area (TPSA) is 17.4 Å². The quantitative estimate of drug-likeness (QED) is 0.164. The third kappa shape index (κ3) is 5.08.